The predicted molar refractivity (Wildman–Crippen MR) is 116 cm³/mol. The first-order valence-electron chi connectivity index (χ1n) is 8.98. The zero-order valence-corrected chi connectivity index (χ0v) is 17.2. The van der Waals surface area contributed by atoms with E-state index in [1.807, 2.05) is 18.4 Å². The summed E-state index contributed by atoms with van der Waals surface area (Å²) in [5.74, 6) is -0.148. The van der Waals surface area contributed by atoms with Crippen LogP contribution in [0.1, 0.15) is 41.9 Å². The van der Waals surface area contributed by atoms with E-state index in [4.69, 9.17) is 9.73 Å². The van der Waals surface area contributed by atoms with Crippen LogP contribution in [-0.2, 0) is 6.54 Å². The molecule has 1 aromatic heterocycles. The normalized spacial score (nSPS) is 12.3. The van der Waals surface area contributed by atoms with Gasteiger partial charge in [0.25, 0.3) is 0 Å². The van der Waals surface area contributed by atoms with E-state index in [-0.39, 0.29) is 11.3 Å². The van der Waals surface area contributed by atoms with Gasteiger partial charge in [-0.3, -0.25) is 4.99 Å². The molecule has 7 heteroatoms. The molecule has 6 nitrogen and oxygen atoms in total. The molecule has 0 amide bonds. The number of aromatic carboxylic acids is 1. The summed E-state index contributed by atoms with van der Waals surface area (Å²) in [6.07, 6.45) is 1.51. The van der Waals surface area contributed by atoms with Gasteiger partial charge in [0.15, 0.2) is 0 Å². The fraction of sp³-hybridized carbons (Fsp3) is 0.286. The zero-order chi connectivity index (χ0) is 20.5. The third-order valence-electron chi connectivity index (χ3n) is 4.18. The number of nitrogens with zero attached hydrogens (tertiary/aromatic N) is 2. The number of carbonyl (C=O) groups is 1. The summed E-state index contributed by atoms with van der Waals surface area (Å²) in [5, 5.41) is 14.5. The maximum atomic E-state index is 11.3. The molecule has 0 spiro atoms. The number of nitrogens with one attached hydrogen (secondary N) is 1. The second-order valence-electron chi connectivity index (χ2n) is 5.88. The highest BCUT2D eigenvalue weighted by atomic mass is 32.1. The summed E-state index contributed by atoms with van der Waals surface area (Å²) in [4.78, 5) is 21.4. The first kappa shape index (κ1) is 21.4. The number of rotatable bonds is 10. The number of aliphatic imine (C=N–C) groups is 2. The van der Waals surface area contributed by atoms with Gasteiger partial charge < -0.3 is 15.2 Å². The van der Waals surface area contributed by atoms with Crippen LogP contribution >= 0.6 is 11.3 Å². The summed E-state index contributed by atoms with van der Waals surface area (Å²) in [6.45, 7) is 8.44. The fourth-order valence-corrected chi connectivity index (χ4v) is 3.43. The lowest BCUT2D eigenvalue weighted by molar-refractivity contribution is 0.0693. The molecule has 1 heterocycles. The Bertz CT molecular complexity index is 886. The van der Waals surface area contributed by atoms with E-state index in [2.05, 4.69) is 30.0 Å². The Labute approximate surface area is 169 Å². The molecule has 0 aliphatic heterocycles. The van der Waals surface area contributed by atoms with E-state index in [1.54, 1.807) is 23.5 Å². The van der Waals surface area contributed by atoms with Crippen LogP contribution in [0.2, 0.25) is 0 Å². The van der Waals surface area contributed by atoms with Crippen LogP contribution in [0.5, 0.6) is 5.75 Å². The highest BCUT2D eigenvalue weighted by molar-refractivity contribution is 7.09. The minimum absolute atomic E-state index is 0.104. The average molecular weight is 400 g/mol. The topological polar surface area (TPSA) is 83.3 Å². The van der Waals surface area contributed by atoms with Crippen molar-refractivity contribution in [1.29, 1.82) is 0 Å². The number of carboxylic acids is 1. The molecule has 0 saturated heterocycles. The third-order valence-corrected chi connectivity index (χ3v) is 5.04. The van der Waals surface area contributed by atoms with E-state index in [0.717, 1.165) is 24.1 Å². The summed E-state index contributed by atoms with van der Waals surface area (Å²) < 4.78 is 5.19. The molecule has 0 radical (unpaired) electrons. The molecule has 0 atom stereocenters. The van der Waals surface area contributed by atoms with Gasteiger partial charge in [0, 0.05) is 27.9 Å². The first-order valence-corrected chi connectivity index (χ1v) is 9.86. The number of hydrogen-bond donors (Lipinski definition) is 2. The van der Waals surface area contributed by atoms with E-state index >= 15 is 0 Å². The molecule has 0 bridgehead atoms. The summed E-state index contributed by atoms with van der Waals surface area (Å²) in [6, 6.07) is 8.90. The van der Waals surface area contributed by atoms with Gasteiger partial charge in [0.2, 0.25) is 0 Å². The van der Waals surface area contributed by atoms with Crippen LogP contribution in [0.25, 0.3) is 0 Å². The largest absolute Gasteiger partial charge is 0.496 e. The minimum atomic E-state index is -1.04. The maximum absolute atomic E-state index is 11.3. The molecule has 0 aliphatic carbocycles. The van der Waals surface area contributed by atoms with Gasteiger partial charge in [-0.15, -0.1) is 11.3 Å². The molecular weight excluding hydrogens is 374 g/mol. The number of methoxy groups -OCH3 is 1. The van der Waals surface area contributed by atoms with Crippen molar-refractivity contribution in [3.8, 4) is 5.75 Å². The summed E-state index contributed by atoms with van der Waals surface area (Å²) in [5.41, 5.74) is 2.73. The van der Waals surface area contributed by atoms with Crippen molar-refractivity contribution >= 4 is 35.4 Å². The molecule has 28 heavy (non-hydrogen) atoms. The highest BCUT2D eigenvalue weighted by Crippen LogP contribution is 2.26. The van der Waals surface area contributed by atoms with E-state index in [0.29, 0.717) is 18.1 Å². The minimum Gasteiger partial charge on any atom is -0.496 e. The van der Waals surface area contributed by atoms with Gasteiger partial charge in [0.05, 0.1) is 13.7 Å². The lowest BCUT2D eigenvalue weighted by atomic mass is 10.1. The second-order valence-corrected chi connectivity index (χ2v) is 6.91. The van der Waals surface area contributed by atoms with Crippen molar-refractivity contribution in [2.24, 2.45) is 9.98 Å². The lowest BCUT2D eigenvalue weighted by Crippen LogP contribution is -2.10. The third kappa shape index (κ3) is 5.29. The van der Waals surface area contributed by atoms with Gasteiger partial charge in [-0.2, -0.15) is 0 Å². The number of anilines is 1. The smallest absolute Gasteiger partial charge is 0.339 e. The Morgan fingerprint density at radius 2 is 2.07 bits per heavy atom. The SMILES string of the molecule is C=N/C(Nc1ccc(C(=O)O)c(OC)c1)=C(/CC)C(CC)=NCc1cccs1. The van der Waals surface area contributed by atoms with Gasteiger partial charge in [0.1, 0.15) is 17.1 Å². The van der Waals surface area contributed by atoms with E-state index in [1.165, 1.54) is 18.1 Å². The number of carboxylic acid groups (broad SMARTS) is 1. The van der Waals surface area contributed by atoms with Crippen molar-refractivity contribution < 1.29 is 14.6 Å². The van der Waals surface area contributed by atoms with Gasteiger partial charge in [-0.05, 0) is 43.1 Å². The van der Waals surface area contributed by atoms with Crippen molar-refractivity contribution in [3.63, 3.8) is 0 Å². The Hall–Kier alpha value is -2.93. The quantitative estimate of drug-likeness (QED) is 0.535. The highest BCUT2D eigenvalue weighted by Gasteiger charge is 2.14. The molecule has 0 fully saturated rings. The first-order chi connectivity index (χ1) is 13.5. The zero-order valence-electron chi connectivity index (χ0n) is 16.4. The van der Waals surface area contributed by atoms with Crippen molar-refractivity contribution in [2.45, 2.75) is 33.2 Å². The molecule has 0 unspecified atom stereocenters. The van der Waals surface area contributed by atoms with Gasteiger partial charge in [-0.1, -0.05) is 19.9 Å². The van der Waals surface area contributed by atoms with Crippen LogP contribution < -0.4 is 10.1 Å². The fourth-order valence-electron chi connectivity index (χ4n) is 2.80. The Balaban J connectivity index is 2.35. The monoisotopic (exact) mass is 399 g/mol. The number of ether oxygens (including phenoxy) is 1. The molecular formula is C21H25N3O3S. The standard InChI is InChI=1S/C21H25N3O3S/c1-5-16(18(6-2)23-13-15-8-7-11-28-15)20(22-3)24-14-9-10-17(21(25)26)19(12-14)27-4/h7-12,24H,3,5-6,13H2,1-2,4H3,(H,25,26)/b20-16+,23-18?. The molecule has 148 valence electrons. The van der Waals surface area contributed by atoms with Crippen molar-refractivity contribution in [2.75, 3.05) is 12.4 Å². The van der Waals surface area contributed by atoms with Crippen LogP contribution in [0.4, 0.5) is 5.69 Å². The van der Waals surface area contributed by atoms with Crippen molar-refractivity contribution in [3.05, 3.63) is 57.5 Å². The number of benzene rings is 1. The van der Waals surface area contributed by atoms with Crippen LogP contribution in [0.15, 0.2) is 57.1 Å². The Morgan fingerprint density at radius 1 is 1.29 bits per heavy atom. The lowest BCUT2D eigenvalue weighted by Gasteiger charge is -2.15. The van der Waals surface area contributed by atoms with Crippen LogP contribution in [0, 0.1) is 0 Å². The molecule has 2 aromatic rings. The molecule has 0 aliphatic rings. The number of hydrogen-bond acceptors (Lipinski definition) is 6. The van der Waals surface area contributed by atoms with E-state index < -0.39 is 5.97 Å². The maximum Gasteiger partial charge on any atom is 0.339 e. The molecule has 1 aromatic carbocycles. The molecule has 2 N–H and O–H groups in total. The molecule has 2 rings (SSSR count). The van der Waals surface area contributed by atoms with Gasteiger partial charge >= 0.3 is 5.97 Å². The summed E-state index contributed by atoms with van der Waals surface area (Å²) >= 11 is 1.68. The number of thiophene rings is 1. The van der Waals surface area contributed by atoms with Gasteiger partial charge in [-0.25, -0.2) is 9.79 Å². The Kier molecular flexibility index (Phi) is 7.95. The summed E-state index contributed by atoms with van der Waals surface area (Å²) in [7, 11) is 1.44. The van der Waals surface area contributed by atoms with Crippen molar-refractivity contribution in [1.82, 2.24) is 0 Å². The Morgan fingerprint density at radius 3 is 2.61 bits per heavy atom. The average Bonchev–Trinajstić information content (AvgIpc) is 3.23. The van der Waals surface area contributed by atoms with Crippen LogP contribution in [-0.4, -0.2) is 30.6 Å². The van der Waals surface area contributed by atoms with E-state index in [9.17, 15) is 9.90 Å². The van der Waals surface area contributed by atoms with Crippen LogP contribution in [0.3, 0.4) is 0 Å². The number of allylic oxidation sites excluding steroid dienone is 1. The predicted octanol–water partition coefficient (Wildman–Crippen LogP) is 5.24. The second kappa shape index (κ2) is 10.4. The molecule has 0 saturated carbocycles.